The lowest BCUT2D eigenvalue weighted by molar-refractivity contribution is 0.418. The van der Waals surface area contributed by atoms with Crippen molar-refractivity contribution in [1.29, 1.82) is 0 Å². The fourth-order valence-corrected chi connectivity index (χ4v) is 3.02. The first kappa shape index (κ1) is 15.1. The van der Waals surface area contributed by atoms with Crippen LogP contribution in [-0.4, -0.2) is 6.54 Å². The molecule has 1 atom stereocenters. The smallest absolute Gasteiger partial charge is 0.0440 e. The molecule has 2 aromatic carbocycles. The molecule has 2 heteroatoms. The summed E-state index contributed by atoms with van der Waals surface area (Å²) in [5.41, 5.74) is 9.75. The Kier molecular flexibility index (Phi) is 4.85. The van der Waals surface area contributed by atoms with Crippen LogP contribution in [0.25, 0.3) is 0 Å². The van der Waals surface area contributed by atoms with Crippen molar-refractivity contribution in [3.63, 3.8) is 0 Å². The zero-order valence-electron chi connectivity index (χ0n) is 12.2. The second-order valence-corrected chi connectivity index (χ2v) is 5.88. The van der Waals surface area contributed by atoms with Crippen molar-refractivity contribution in [2.45, 2.75) is 32.1 Å². The van der Waals surface area contributed by atoms with Gasteiger partial charge in [0.25, 0.3) is 0 Å². The van der Waals surface area contributed by atoms with Crippen molar-refractivity contribution in [2.24, 2.45) is 5.73 Å². The molecule has 0 spiro atoms. The van der Waals surface area contributed by atoms with Gasteiger partial charge >= 0.3 is 0 Å². The largest absolute Gasteiger partial charge is 0.330 e. The first-order valence-electron chi connectivity index (χ1n) is 7.12. The predicted molar refractivity (Wildman–Crippen MR) is 87.4 cm³/mol. The maximum Gasteiger partial charge on any atom is 0.0440 e. The van der Waals surface area contributed by atoms with E-state index < -0.39 is 0 Å². The van der Waals surface area contributed by atoms with Gasteiger partial charge < -0.3 is 5.73 Å². The summed E-state index contributed by atoms with van der Waals surface area (Å²) in [6.07, 6.45) is 1.88. The Morgan fingerprint density at radius 3 is 2.35 bits per heavy atom. The molecule has 0 aliphatic rings. The SMILES string of the molecule is CCC(CN)(Cc1ccc(C)cc1Cl)c1ccccc1. The van der Waals surface area contributed by atoms with Crippen LogP contribution in [0.4, 0.5) is 0 Å². The number of halogens is 1. The zero-order valence-corrected chi connectivity index (χ0v) is 13.0. The van der Waals surface area contributed by atoms with E-state index in [0.29, 0.717) is 6.54 Å². The van der Waals surface area contributed by atoms with E-state index in [1.165, 1.54) is 16.7 Å². The van der Waals surface area contributed by atoms with E-state index in [1.54, 1.807) is 0 Å². The minimum absolute atomic E-state index is 0.0415. The molecule has 0 aliphatic heterocycles. The van der Waals surface area contributed by atoms with Gasteiger partial charge in [-0.2, -0.15) is 0 Å². The normalized spacial score (nSPS) is 14.0. The maximum atomic E-state index is 6.40. The van der Waals surface area contributed by atoms with Gasteiger partial charge in [0.2, 0.25) is 0 Å². The highest BCUT2D eigenvalue weighted by Gasteiger charge is 2.29. The number of benzene rings is 2. The molecule has 106 valence electrons. The monoisotopic (exact) mass is 287 g/mol. The highest BCUT2D eigenvalue weighted by atomic mass is 35.5. The van der Waals surface area contributed by atoms with Gasteiger partial charge in [-0.3, -0.25) is 0 Å². The molecule has 0 radical (unpaired) electrons. The van der Waals surface area contributed by atoms with Crippen LogP contribution in [0.1, 0.15) is 30.0 Å². The molecule has 2 N–H and O–H groups in total. The third-order valence-corrected chi connectivity index (χ3v) is 4.54. The molecule has 0 saturated carbocycles. The lowest BCUT2D eigenvalue weighted by Crippen LogP contribution is -2.36. The average molecular weight is 288 g/mol. The van der Waals surface area contributed by atoms with E-state index >= 15 is 0 Å². The average Bonchev–Trinajstić information content (AvgIpc) is 2.48. The van der Waals surface area contributed by atoms with Crippen LogP contribution in [-0.2, 0) is 11.8 Å². The molecule has 1 nitrogen and oxygen atoms in total. The minimum Gasteiger partial charge on any atom is -0.330 e. The Morgan fingerprint density at radius 2 is 1.80 bits per heavy atom. The summed E-state index contributed by atoms with van der Waals surface area (Å²) in [5, 5.41) is 0.840. The molecule has 2 rings (SSSR count). The first-order valence-corrected chi connectivity index (χ1v) is 7.50. The van der Waals surface area contributed by atoms with Gasteiger partial charge in [-0.05, 0) is 42.5 Å². The van der Waals surface area contributed by atoms with Crippen molar-refractivity contribution < 1.29 is 0 Å². The van der Waals surface area contributed by atoms with Crippen LogP contribution >= 0.6 is 11.6 Å². The molecule has 0 aromatic heterocycles. The molecule has 0 saturated heterocycles. The molecule has 2 aromatic rings. The second kappa shape index (κ2) is 6.43. The van der Waals surface area contributed by atoms with E-state index in [-0.39, 0.29) is 5.41 Å². The van der Waals surface area contributed by atoms with Gasteiger partial charge in [-0.25, -0.2) is 0 Å². The summed E-state index contributed by atoms with van der Waals surface area (Å²) in [6, 6.07) is 16.8. The zero-order chi connectivity index (χ0) is 14.6. The van der Waals surface area contributed by atoms with Crippen molar-refractivity contribution in [3.05, 3.63) is 70.2 Å². The fourth-order valence-electron chi connectivity index (χ4n) is 2.72. The molecule has 0 bridgehead atoms. The summed E-state index contributed by atoms with van der Waals surface area (Å²) in [5.74, 6) is 0. The topological polar surface area (TPSA) is 26.0 Å². The minimum atomic E-state index is -0.0415. The Morgan fingerprint density at radius 1 is 1.10 bits per heavy atom. The van der Waals surface area contributed by atoms with Crippen LogP contribution in [0.2, 0.25) is 5.02 Å². The van der Waals surface area contributed by atoms with Crippen molar-refractivity contribution in [1.82, 2.24) is 0 Å². The number of nitrogens with two attached hydrogens (primary N) is 1. The van der Waals surface area contributed by atoms with Gasteiger partial charge in [-0.1, -0.05) is 61.0 Å². The van der Waals surface area contributed by atoms with E-state index in [4.69, 9.17) is 17.3 Å². The molecule has 20 heavy (non-hydrogen) atoms. The van der Waals surface area contributed by atoms with Gasteiger partial charge in [0, 0.05) is 17.0 Å². The predicted octanol–water partition coefficient (Wildman–Crippen LogP) is 4.50. The van der Waals surface area contributed by atoms with Gasteiger partial charge in [0.05, 0.1) is 0 Å². The third kappa shape index (κ3) is 3.05. The van der Waals surface area contributed by atoms with Gasteiger partial charge in [0.1, 0.15) is 0 Å². The Bertz CT molecular complexity index is 559. The molecular weight excluding hydrogens is 266 g/mol. The summed E-state index contributed by atoms with van der Waals surface area (Å²) in [6.45, 7) is 4.88. The van der Waals surface area contributed by atoms with Gasteiger partial charge in [0.15, 0.2) is 0 Å². The molecule has 0 amide bonds. The van der Waals surface area contributed by atoms with Crippen molar-refractivity contribution in [3.8, 4) is 0 Å². The van der Waals surface area contributed by atoms with Gasteiger partial charge in [-0.15, -0.1) is 0 Å². The second-order valence-electron chi connectivity index (χ2n) is 5.48. The Balaban J connectivity index is 2.39. The lowest BCUT2D eigenvalue weighted by atomic mass is 9.73. The van der Waals surface area contributed by atoms with Crippen LogP contribution in [0, 0.1) is 6.92 Å². The standard InChI is InChI=1S/C18H22ClN/c1-3-18(13-20,16-7-5-4-6-8-16)12-15-10-9-14(2)11-17(15)19/h4-11H,3,12-13,20H2,1-2H3. The van der Waals surface area contributed by atoms with E-state index in [1.807, 2.05) is 12.1 Å². The molecular formula is C18H22ClN. The number of hydrogen-bond donors (Lipinski definition) is 1. The fraction of sp³-hybridized carbons (Fsp3) is 0.333. The molecule has 0 heterocycles. The van der Waals surface area contributed by atoms with Crippen LogP contribution in [0.5, 0.6) is 0 Å². The Hall–Kier alpha value is -1.31. The van der Waals surface area contributed by atoms with Crippen LogP contribution in [0.15, 0.2) is 48.5 Å². The van der Waals surface area contributed by atoms with E-state index in [2.05, 4.69) is 50.2 Å². The summed E-state index contributed by atoms with van der Waals surface area (Å²) in [7, 11) is 0. The highest BCUT2D eigenvalue weighted by Crippen LogP contribution is 2.33. The highest BCUT2D eigenvalue weighted by molar-refractivity contribution is 6.31. The lowest BCUT2D eigenvalue weighted by Gasteiger charge is -2.32. The molecule has 0 fully saturated rings. The third-order valence-electron chi connectivity index (χ3n) is 4.19. The van der Waals surface area contributed by atoms with Crippen LogP contribution < -0.4 is 5.73 Å². The van der Waals surface area contributed by atoms with Crippen molar-refractivity contribution in [2.75, 3.05) is 6.54 Å². The van der Waals surface area contributed by atoms with E-state index in [0.717, 1.165) is 17.9 Å². The first-order chi connectivity index (χ1) is 9.61. The van der Waals surface area contributed by atoms with Crippen molar-refractivity contribution >= 4 is 11.6 Å². The number of hydrogen-bond acceptors (Lipinski definition) is 1. The quantitative estimate of drug-likeness (QED) is 0.861. The van der Waals surface area contributed by atoms with Crippen LogP contribution in [0.3, 0.4) is 0 Å². The summed E-state index contributed by atoms with van der Waals surface area (Å²) in [4.78, 5) is 0. The summed E-state index contributed by atoms with van der Waals surface area (Å²) >= 11 is 6.40. The summed E-state index contributed by atoms with van der Waals surface area (Å²) < 4.78 is 0. The number of rotatable bonds is 5. The van der Waals surface area contributed by atoms with E-state index in [9.17, 15) is 0 Å². The molecule has 0 aliphatic carbocycles. The Labute approximate surface area is 126 Å². The number of aryl methyl sites for hydroxylation is 1. The molecule has 1 unspecified atom stereocenters. The maximum absolute atomic E-state index is 6.40.